The molecule has 9 nitrogen and oxygen atoms in total. The lowest BCUT2D eigenvalue weighted by atomic mass is 9.99. The molecule has 2 amide bonds. The minimum atomic E-state index is -1.60. The summed E-state index contributed by atoms with van der Waals surface area (Å²) in [7, 11) is 0. The van der Waals surface area contributed by atoms with E-state index in [4.69, 9.17) is 21.1 Å². The first-order valence-electron chi connectivity index (χ1n) is 11.7. The Morgan fingerprint density at radius 2 is 1.47 bits per heavy atom. The molecule has 4 rings (SSSR count). The highest BCUT2D eigenvalue weighted by molar-refractivity contribution is 6.30. The van der Waals surface area contributed by atoms with Gasteiger partial charge >= 0.3 is 11.9 Å². The minimum absolute atomic E-state index is 0.165. The maximum Gasteiger partial charge on any atom is 0.303 e. The van der Waals surface area contributed by atoms with Crippen molar-refractivity contribution in [1.29, 1.82) is 0 Å². The second kappa shape index (κ2) is 11.0. The number of nitrogens with one attached hydrogen (secondary N) is 1. The number of hydrogen-bond donors (Lipinski definition) is 1. The van der Waals surface area contributed by atoms with Crippen molar-refractivity contribution < 1.29 is 28.7 Å². The molecule has 0 saturated carbocycles. The van der Waals surface area contributed by atoms with Gasteiger partial charge in [0, 0.05) is 63.2 Å². The van der Waals surface area contributed by atoms with Gasteiger partial charge in [0.1, 0.15) is 0 Å². The number of hydrogen-bond acceptors (Lipinski definition) is 7. The second-order valence-electron chi connectivity index (χ2n) is 9.02. The largest absolute Gasteiger partial charge is 0.448 e. The maximum atomic E-state index is 13.4. The fourth-order valence-electron chi connectivity index (χ4n) is 4.43. The zero-order chi connectivity index (χ0) is 25.8. The van der Waals surface area contributed by atoms with Gasteiger partial charge in [0.15, 0.2) is 0 Å². The van der Waals surface area contributed by atoms with Gasteiger partial charge in [-0.2, -0.15) is 0 Å². The Balaban J connectivity index is 1.40. The van der Waals surface area contributed by atoms with E-state index in [-0.39, 0.29) is 5.92 Å². The van der Waals surface area contributed by atoms with E-state index in [1.165, 1.54) is 4.90 Å². The summed E-state index contributed by atoms with van der Waals surface area (Å²) in [6.45, 7) is 4.65. The van der Waals surface area contributed by atoms with E-state index in [0.29, 0.717) is 24.7 Å². The van der Waals surface area contributed by atoms with Crippen LogP contribution in [0.15, 0.2) is 48.5 Å². The molecule has 2 atom stereocenters. The molecule has 2 aliphatic rings. The molecule has 1 N–H and O–H groups in total. The van der Waals surface area contributed by atoms with Crippen LogP contribution in [0.3, 0.4) is 0 Å². The Hall–Kier alpha value is -3.59. The van der Waals surface area contributed by atoms with Crippen molar-refractivity contribution in [2.75, 3.05) is 24.5 Å². The minimum Gasteiger partial charge on any atom is -0.448 e. The predicted molar refractivity (Wildman–Crippen MR) is 132 cm³/mol. The van der Waals surface area contributed by atoms with Crippen molar-refractivity contribution in [2.24, 2.45) is 5.92 Å². The number of amides is 2. The van der Waals surface area contributed by atoms with Gasteiger partial charge in [0.2, 0.25) is 12.2 Å². The standard InChI is InChI=1S/C26H28ClN3O6/c1-16(31)35-23(25(33)28-11-18-12-29(13-18)22-9-7-21(27)8-10-22)24(36-17(2)32)26(34)30-14-19-5-3-4-6-20(19)15-30/h3-10,18,23-24H,11-15H2,1-2H3,(H,28,33)/t23-,24-/m1/s1. The van der Waals surface area contributed by atoms with Gasteiger partial charge < -0.3 is 24.6 Å². The summed E-state index contributed by atoms with van der Waals surface area (Å²) in [6.07, 6.45) is -3.19. The van der Waals surface area contributed by atoms with Crippen LogP contribution in [0.2, 0.25) is 5.02 Å². The molecule has 2 heterocycles. The zero-order valence-corrected chi connectivity index (χ0v) is 20.9. The lowest BCUT2D eigenvalue weighted by Gasteiger charge is -2.41. The Labute approximate surface area is 214 Å². The molecule has 2 aliphatic heterocycles. The highest BCUT2D eigenvalue weighted by Crippen LogP contribution is 2.26. The van der Waals surface area contributed by atoms with E-state index in [2.05, 4.69) is 10.2 Å². The average Bonchev–Trinajstić information content (AvgIpc) is 3.25. The number of nitrogens with zero attached hydrogens (tertiary/aromatic N) is 2. The van der Waals surface area contributed by atoms with E-state index in [9.17, 15) is 19.2 Å². The number of esters is 2. The summed E-state index contributed by atoms with van der Waals surface area (Å²) < 4.78 is 10.5. The molecule has 0 radical (unpaired) electrons. The molecule has 0 bridgehead atoms. The number of fused-ring (bicyclic) bond motifs is 1. The molecule has 190 valence electrons. The van der Waals surface area contributed by atoms with E-state index >= 15 is 0 Å². The van der Waals surface area contributed by atoms with Crippen LogP contribution in [0.5, 0.6) is 0 Å². The van der Waals surface area contributed by atoms with Crippen LogP contribution in [0.4, 0.5) is 5.69 Å². The molecule has 2 aromatic carbocycles. The van der Waals surface area contributed by atoms with Gasteiger partial charge in [-0.15, -0.1) is 0 Å². The predicted octanol–water partition coefficient (Wildman–Crippen LogP) is 2.30. The Bertz CT molecular complexity index is 1120. The molecular weight excluding hydrogens is 486 g/mol. The van der Waals surface area contributed by atoms with Crippen molar-refractivity contribution >= 4 is 41.0 Å². The van der Waals surface area contributed by atoms with Crippen molar-refractivity contribution in [3.63, 3.8) is 0 Å². The van der Waals surface area contributed by atoms with Crippen LogP contribution in [0, 0.1) is 5.92 Å². The number of rotatable bonds is 8. The third kappa shape index (κ3) is 5.96. The van der Waals surface area contributed by atoms with Gasteiger partial charge in [0.25, 0.3) is 11.8 Å². The fourth-order valence-corrected chi connectivity index (χ4v) is 4.55. The third-order valence-electron chi connectivity index (χ3n) is 6.23. The zero-order valence-electron chi connectivity index (χ0n) is 20.1. The van der Waals surface area contributed by atoms with Gasteiger partial charge in [-0.25, -0.2) is 0 Å². The Morgan fingerprint density at radius 3 is 2.03 bits per heavy atom. The van der Waals surface area contributed by atoms with Gasteiger partial charge in [-0.1, -0.05) is 35.9 Å². The first-order chi connectivity index (χ1) is 17.2. The normalized spacial score (nSPS) is 16.4. The van der Waals surface area contributed by atoms with E-state index < -0.39 is 36.0 Å². The third-order valence-corrected chi connectivity index (χ3v) is 6.48. The van der Waals surface area contributed by atoms with Crippen LogP contribution >= 0.6 is 11.6 Å². The summed E-state index contributed by atoms with van der Waals surface area (Å²) >= 11 is 5.94. The molecule has 36 heavy (non-hydrogen) atoms. The second-order valence-corrected chi connectivity index (χ2v) is 9.45. The summed E-state index contributed by atoms with van der Waals surface area (Å²) in [6, 6.07) is 15.1. The molecular formula is C26H28ClN3O6. The summed E-state index contributed by atoms with van der Waals surface area (Å²) in [5.74, 6) is -2.64. The van der Waals surface area contributed by atoms with E-state index in [0.717, 1.165) is 43.8 Å². The number of carbonyl (C=O) groups is 4. The van der Waals surface area contributed by atoms with E-state index in [1.807, 2.05) is 48.5 Å². The van der Waals surface area contributed by atoms with Crippen LogP contribution < -0.4 is 10.2 Å². The monoisotopic (exact) mass is 513 g/mol. The summed E-state index contributed by atoms with van der Waals surface area (Å²) in [4.78, 5) is 53.7. The molecule has 1 fully saturated rings. The number of anilines is 1. The van der Waals surface area contributed by atoms with Gasteiger partial charge in [0.05, 0.1) is 0 Å². The molecule has 0 aromatic heterocycles. The molecule has 1 saturated heterocycles. The van der Waals surface area contributed by atoms with Crippen molar-refractivity contribution in [3.05, 3.63) is 64.7 Å². The average molecular weight is 514 g/mol. The number of ether oxygens (including phenoxy) is 2. The smallest absolute Gasteiger partial charge is 0.303 e. The Kier molecular flexibility index (Phi) is 7.79. The number of halogens is 1. The van der Waals surface area contributed by atoms with Gasteiger partial charge in [-0.3, -0.25) is 19.2 Å². The van der Waals surface area contributed by atoms with Crippen LogP contribution in [-0.4, -0.2) is 60.5 Å². The first-order valence-corrected chi connectivity index (χ1v) is 12.1. The van der Waals surface area contributed by atoms with Crippen molar-refractivity contribution in [1.82, 2.24) is 10.2 Å². The fraction of sp³-hybridized carbons (Fsp3) is 0.385. The number of benzene rings is 2. The van der Waals surface area contributed by atoms with Crippen LogP contribution in [0.25, 0.3) is 0 Å². The van der Waals surface area contributed by atoms with Crippen molar-refractivity contribution in [3.8, 4) is 0 Å². The summed E-state index contributed by atoms with van der Waals surface area (Å²) in [5.41, 5.74) is 2.97. The number of carbonyl (C=O) groups excluding carboxylic acids is 4. The highest BCUT2D eigenvalue weighted by Gasteiger charge is 2.43. The lowest BCUT2D eigenvalue weighted by molar-refractivity contribution is -0.178. The summed E-state index contributed by atoms with van der Waals surface area (Å²) in [5, 5.41) is 3.42. The first kappa shape index (κ1) is 25.5. The topological polar surface area (TPSA) is 105 Å². The quantitative estimate of drug-likeness (QED) is 0.540. The van der Waals surface area contributed by atoms with E-state index in [1.54, 1.807) is 0 Å². The lowest BCUT2D eigenvalue weighted by Crippen LogP contribution is -2.56. The molecule has 0 spiro atoms. The molecule has 10 heteroatoms. The van der Waals surface area contributed by atoms with Gasteiger partial charge in [-0.05, 0) is 35.4 Å². The maximum absolute atomic E-state index is 13.4. The van der Waals surface area contributed by atoms with Crippen molar-refractivity contribution in [2.45, 2.75) is 39.1 Å². The molecule has 2 aromatic rings. The van der Waals surface area contributed by atoms with Crippen LogP contribution in [-0.2, 0) is 41.7 Å². The Morgan fingerprint density at radius 1 is 0.917 bits per heavy atom. The SMILES string of the molecule is CC(=O)O[C@@H](C(=O)NCC1CN(c2ccc(Cl)cc2)C1)[C@@H](OC(C)=O)C(=O)N1Cc2ccccc2C1. The highest BCUT2D eigenvalue weighted by atomic mass is 35.5. The van der Waals surface area contributed by atoms with Crippen LogP contribution in [0.1, 0.15) is 25.0 Å². The molecule has 0 aliphatic carbocycles. The molecule has 0 unspecified atom stereocenters.